The lowest BCUT2D eigenvalue weighted by molar-refractivity contribution is -0.118. The summed E-state index contributed by atoms with van der Waals surface area (Å²) in [6, 6.07) is 3.23. The van der Waals surface area contributed by atoms with Crippen LogP contribution in [0.25, 0.3) is 0 Å². The maximum absolute atomic E-state index is 12.8. The van der Waals surface area contributed by atoms with Crippen LogP contribution < -0.4 is 11.5 Å². The van der Waals surface area contributed by atoms with Gasteiger partial charge in [0.15, 0.2) is 0 Å². The van der Waals surface area contributed by atoms with E-state index in [9.17, 15) is 13.2 Å². The summed E-state index contributed by atoms with van der Waals surface area (Å²) in [5.41, 5.74) is 12.6. The molecule has 1 aromatic carbocycles. The highest BCUT2D eigenvalue weighted by molar-refractivity contribution is 7.89. The molecule has 1 aromatic rings. The molecule has 0 aliphatic carbocycles. The van der Waals surface area contributed by atoms with E-state index in [-0.39, 0.29) is 18.0 Å². The van der Waals surface area contributed by atoms with E-state index in [1.54, 1.807) is 26.0 Å². The number of aryl methyl sites for hydroxylation is 2. The fourth-order valence-electron chi connectivity index (χ4n) is 2.31. The van der Waals surface area contributed by atoms with Gasteiger partial charge in [0.05, 0.1) is 11.4 Å². The van der Waals surface area contributed by atoms with E-state index in [1.165, 1.54) is 0 Å². The van der Waals surface area contributed by atoms with Gasteiger partial charge in [-0.05, 0) is 43.5 Å². The third-order valence-electron chi connectivity index (χ3n) is 3.17. The Labute approximate surface area is 126 Å². The summed E-state index contributed by atoms with van der Waals surface area (Å²) >= 11 is 0. The monoisotopic (exact) mass is 313 g/mol. The second-order valence-electron chi connectivity index (χ2n) is 5.14. The fourth-order valence-corrected chi connectivity index (χ4v) is 4.17. The maximum Gasteiger partial charge on any atom is 0.244 e. The molecule has 4 N–H and O–H groups in total. The average Bonchev–Trinajstić information content (AvgIpc) is 2.32. The SMILES string of the molecule is CCCCN(CC(N)=O)S(=O)(=O)c1c(C)cc(N)cc1C. The molecule has 0 atom stereocenters. The molecule has 21 heavy (non-hydrogen) atoms. The normalized spacial score (nSPS) is 11.8. The van der Waals surface area contributed by atoms with Gasteiger partial charge in [-0.1, -0.05) is 13.3 Å². The fraction of sp³-hybridized carbons (Fsp3) is 0.500. The van der Waals surface area contributed by atoms with Crippen LogP contribution in [-0.4, -0.2) is 31.7 Å². The first-order valence-electron chi connectivity index (χ1n) is 6.85. The summed E-state index contributed by atoms with van der Waals surface area (Å²) in [5, 5.41) is 0. The van der Waals surface area contributed by atoms with Crippen molar-refractivity contribution in [3.05, 3.63) is 23.3 Å². The summed E-state index contributed by atoms with van der Waals surface area (Å²) in [5.74, 6) is -0.666. The highest BCUT2D eigenvalue weighted by atomic mass is 32.2. The van der Waals surface area contributed by atoms with Crippen molar-refractivity contribution in [3.63, 3.8) is 0 Å². The Morgan fingerprint density at radius 3 is 2.19 bits per heavy atom. The van der Waals surface area contributed by atoms with Gasteiger partial charge < -0.3 is 11.5 Å². The molecule has 0 aliphatic heterocycles. The van der Waals surface area contributed by atoms with Gasteiger partial charge in [-0.2, -0.15) is 4.31 Å². The highest BCUT2D eigenvalue weighted by Gasteiger charge is 2.28. The summed E-state index contributed by atoms with van der Waals surface area (Å²) in [6.45, 7) is 5.29. The molecule has 0 radical (unpaired) electrons. The van der Waals surface area contributed by atoms with Crippen LogP contribution in [-0.2, 0) is 14.8 Å². The smallest absolute Gasteiger partial charge is 0.244 e. The van der Waals surface area contributed by atoms with E-state index in [0.717, 1.165) is 10.7 Å². The molecule has 0 saturated carbocycles. The van der Waals surface area contributed by atoms with Crippen molar-refractivity contribution in [3.8, 4) is 0 Å². The van der Waals surface area contributed by atoms with Gasteiger partial charge in [0.25, 0.3) is 0 Å². The molecule has 7 heteroatoms. The van der Waals surface area contributed by atoms with E-state index in [0.29, 0.717) is 23.2 Å². The van der Waals surface area contributed by atoms with Gasteiger partial charge in [-0.25, -0.2) is 8.42 Å². The summed E-state index contributed by atoms with van der Waals surface area (Å²) in [7, 11) is -3.77. The molecule has 0 fully saturated rings. The number of primary amides is 1. The second-order valence-corrected chi connectivity index (χ2v) is 7.02. The van der Waals surface area contributed by atoms with E-state index < -0.39 is 15.9 Å². The van der Waals surface area contributed by atoms with Crippen molar-refractivity contribution in [2.24, 2.45) is 5.73 Å². The summed E-state index contributed by atoms with van der Waals surface area (Å²) in [4.78, 5) is 11.4. The van der Waals surface area contributed by atoms with Crippen LogP contribution in [0.3, 0.4) is 0 Å². The lowest BCUT2D eigenvalue weighted by Gasteiger charge is -2.23. The molecule has 0 aliphatic rings. The molecule has 0 unspecified atom stereocenters. The Morgan fingerprint density at radius 2 is 1.76 bits per heavy atom. The number of amides is 1. The van der Waals surface area contributed by atoms with Crippen LogP contribution in [0.15, 0.2) is 17.0 Å². The zero-order valence-electron chi connectivity index (χ0n) is 12.7. The van der Waals surface area contributed by atoms with E-state index >= 15 is 0 Å². The Morgan fingerprint density at radius 1 is 1.24 bits per heavy atom. The van der Waals surface area contributed by atoms with Crippen molar-refractivity contribution in [1.29, 1.82) is 0 Å². The largest absolute Gasteiger partial charge is 0.399 e. The first-order valence-corrected chi connectivity index (χ1v) is 8.29. The first-order chi connectivity index (χ1) is 9.70. The van der Waals surface area contributed by atoms with Crippen LogP contribution in [0, 0.1) is 13.8 Å². The number of nitrogens with zero attached hydrogens (tertiary/aromatic N) is 1. The molecule has 1 amide bonds. The Bertz CT molecular complexity index is 603. The van der Waals surface area contributed by atoms with Gasteiger partial charge in [-0.15, -0.1) is 0 Å². The number of hydrogen-bond donors (Lipinski definition) is 2. The Hall–Kier alpha value is -1.60. The summed E-state index contributed by atoms with van der Waals surface area (Å²) in [6.07, 6.45) is 1.49. The predicted octanol–water partition coefficient (Wildman–Crippen LogP) is 1.16. The number of sulfonamides is 1. The quantitative estimate of drug-likeness (QED) is 0.737. The minimum absolute atomic E-state index is 0.203. The van der Waals surface area contributed by atoms with Gasteiger partial charge in [0.2, 0.25) is 15.9 Å². The number of benzene rings is 1. The minimum atomic E-state index is -3.77. The van der Waals surface area contributed by atoms with Gasteiger partial charge in [0.1, 0.15) is 0 Å². The molecule has 118 valence electrons. The standard InChI is InChI=1S/C14H23N3O3S/c1-4-5-6-17(9-13(16)18)21(19,20)14-10(2)7-12(15)8-11(14)3/h7-8H,4-6,9,15H2,1-3H3,(H2,16,18). The number of carbonyl (C=O) groups is 1. The third kappa shape index (κ3) is 4.18. The highest BCUT2D eigenvalue weighted by Crippen LogP contribution is 2.26. The zero-order valence-corrected chi connectivity index (χ0v) is 13.5. The van der Waals surface area contributed by atoms with Gasteiger partial charge >= 0.3 is 0 Å². The van der Waals surface area contributed by atoms with Crippen molar-refractivity contribution in [1.82, 2.24) is 4.31 Å². The number of anilines is 1. The zero-order chi connectivity index (χ0) is 16.2. The second kappa shape index (κ2) is 6.91. The molecule has 0 saturated heterocycles. The molecule has 0 bridgehead atoms. The minimum Gasteiger partial charge on any atom is -0.399 e. The molecule has 1 rings (SSSR count). The van der Waals surface area contributed by atoms with Gasteiger partial charge in [0, 0.05) is 12.2 Å². The van der Waals surface area contributed by atoms with E-state index in [4.69, 9.17) is 11.5 Å². The van der Waals surface area contributed by atoms with Crippen LogP contribution in [0.4, 0.5) is 5.69 Å². The summed E-state index contributed by atoms with van der Waals surface area (Å²) < 4.78 is 26.8. The van der Waals surface area contributed by atoms with Crippen molar-refractivity contribution in [2.45, 2.75) is 38.5 Å². The molecule has 0 spiro atoms. The molecular weight excluding hydrogens is 290 g/mol. The lowest BCUT2D eigenvalue weighted by atomic mass is 10.1. The predicted molar refractivity (Wildman–Crippen MR) is 83.2 cm³/mol. The number of hydrogen-bond acceptors (Lipinski definition) is 4. The first kappa shape index (κ1) is 17.5. The average molecular weight is 313 g/mol. The number of unbranched alkanes of at least 4 members (excludes halogenated alkanes) is 1. The van der Waals surface area contributed by atoms with Crippen LogP contribution in [0.2, 0.25) is 0 Å². The van der Waals surface area contributed by atoms with E-state index in [2.05, 4.69) is 0 Å². The number of nitrogen functional groups attached to an aromatic ring is 1. The van der Waals surface area contributed by atoms with Crippen molar-refractivity contribution in [2.75, 3.05) is 18.8 Å². The maximum atomic E-state index is 12.8. The number of carbonyl (C=O) groups excluding carboxylic acids is 1. The van der Waals surface area contributed by atoms with E-state index in [1.807, 2.05) is 6.92 Å². The Kier molecular flexibility index (Phi) is 5.74. The molecule has 6 nitrogen and oxygen atoms in total. The topological polar surface area (TPSA) is 106 Å². The molecule has 0 heterocycles. The molecule has 0 aromatic heterocycles. The Balaban J connectivity index is 3.31. The third-order valence-corrected chi connectivity index (χ3v) is 5.33. The van der Waals surface area contributed by atoms with Crippen LogP contribution >= 0.6 is 0 Å². The lowest BCUT2D eigenvalue weighted by Crippen LogP contribution is -2.39. The van der Waals surface area contributed by atoms with Gasteiger partial charge in [-0.3, -0.25) is 4.79 Å². The number of rotatable bonds is 7. The number of nitrogens with two attached hydrogens (primary N) is 2. The van der Waals surface area contributed by atoms with Crippen LogP contribution in [0.5, 0.6) is 0 Å². The van der Waals surface area contributed by atoms with Crippen LogP contribution in [0.1, 0.15) is 30.9 Å². The molecular formula is C14H23N3O3S. The van der Waals surface area contributed by atoms with Crippen molar-refractivity contribution < 1.29 is 13.2 Å². The van der Waals surface area contributed by atoms with Crippen molar-refractivity contribution >= 4 is 21.6 Å².